The number of aliphatic hydroxyl groups excluding tert-OH is 6. The number of rotatable bonds is 10. The van der Waals surface area contributed by atoms with Crippen LogP contribution in [0.15, 0.2) is 0 Å². The average molecular weight is 445 g/mol. The molecule has 0 unspecified atom stereocenters. The van der Waals surface area contributed by atoms with Crippen LogP contribution in [0.3, 0.4) is 0 Å². The number of carboxylic acids is 3. The predicted molar refractivity (Wildman–Crippen MR) is 100 cm³/mol. The number of carbonyl (C=O) groups excluding carboxylic acids is 3. The van der Waals surface area contributed by atoms with E-state index in [2.05, 4.69) is 0 Å². The van der Waals surface area contributed by atoms with E-state index < -0.39 is 30.1 Å². The lowest BCUT2D eigenvalue weighted by atomic mass is 10.4. The zero-order valence-electron chi connectivity index (χ0n) is 17.9. The van der Waals surface area contributed by atoms with Crippen LogP contribution >= 0.6 is 0 Å². The molecule has 184 valence electrons. The van der Waals surface area contributed by atoms with Gasteiger partial charge in [0, 0.05) is 17.9 Å². The lowest BCUT2D eigenvalue weighted by Crippen LogP contribution is -2.20. The van der Waals surface area contributed by atoms with Crippen LogP contribution in [0.5, 0.6) is 0 Å². The molecule has 0 saturated carbocycles. The molecule has 0 amide bonds. The van der Waals surface area contributed by atoms with E-state index in [1.807, 2.05) is 0 Å². The molecule has 0 atom stereocenters. The maximum absolute atomic E-state index is 9.49. The Balaban J connectivity index is -0.0000000868. The first-order valence-electron chi connectivity index (χ1n) is 9.32. The highest BCUT2D eigenvalue weighted by Gasteiger charge is 1.94. The topological polar surface area (TPSA) is 242 Å². The SMILES string of the molecule is CCCC(=O)[O-].CCCC(=O)[O-].CCCC(=O)[O-].OCC(O)CO.OCC(O)CO. The van der Waals surface area contributed by atoms with Crippen molar-refractivity contribution in [1.29, 1.82) is 0 Å². The molecule has 0 aromatic heterocycles. The molecule has 0 rings (SSSR count). The van der Waals surface area contributed by atoms with E-state index >= 15 is 0 Å². The van der Waals surface area contributed by atoms with Crippen LogP contribution in [0.1, 0.15) is 59.3 Å². The van der Waals surface area contributed by atoms with Gasteiger partial charge in [-0.05, 0) is 19.3 Å². The molecule has 0 radical (unpaired) electrons. The van der Waals surface area contributed by atoms with Gasteiger partial charge < -0.3 is 60.3 Å². The summed E-state index contributed by atoms with van der Waals surface area (Å²) in [6.45, 7) is 3.95. The minimum atomic E-state index is -0.961. The van der Waals surface area contributed by atoms with Gasteiger partial charge in [-0.25, -0.2) is 0 Å². The second-order valence-corrected chi connectivity index (χ2v) is 5.40. The van der Waals surface area contributed by atoms with Gasteiger partial charge in [-0.1, -0.05) is 40.0 Å². The van der Waals surface area contributed by atoms with Gasteiger partial charge >= 0.3 is 0 Å². The van der Waals surface area contributed by atoms with Crippen molar-refractivity contribution < 1.29 is 60.3 Å². The second kappa shape index (κ2) is 34.7. The Bertz CT molecular complexity index is 307. The van der Waals surface area contributed by atoms with Gasteiger partial charge in [0.25, 0.3) is 0 Å². The monoisotopic (exact) mass is 445 g/mol. The van der Waals surface area contributed by atoms with E-state index in [0.717, 1.165) is 0 Å². The standard InChI is InChI=1S/3C4H8O2.2C3H8O3/c3*1-2-3-4(5)6;2*4-1-3(6)2-5/h3*2-3H2,1H3,(H,5,6);2*3-6H,1-2H2/p-3. The van der Waals surface area contributed by atoms with E-state index in [1.54, 1.807) is 20.8 Å². The molecule has 0 heterocycles. The van der Waals surface area contributed by atoms with Crippen LogP contribution < -0.4 is 15.3 Å². The number of aliphatic hydroxyl groups is 6. The lowest BCUT2D eigenvalue weighted by Gasteiger charge is -1.96. The number of carboxylic acid groups (broad SMARTS) is 3. The summed E-state index contributed by atoms with van der Waals surface area (Å²) >= 11 is 0. The molecule has 0 aromatic carbocycles. The zero-order chi connectivity index (χ0) is 25.0. The number of hydrogen-bond acceptors (Lipinski definition) is 12. The van der Waals surface area contributed by atoms with Crippen molar-refractivity contribution in [2.24, 2.45) is 0 Å². The molecular weight excluding hydrogens is 408 g/mol. The van der Waals surface area contributed by atoms with E-state index in [4.69, 9.17) is 30.6 Å². The Morgan fingerprint density at radius 2 is 0.733 bits per heavy atom. The van der Waals surface area contributed by atoms with Crippen molar-refractivity contribution in [3.05, 3.63) is 0 Å². The number of aliphatic carboxylic acids is 3. The molecule has 0 aliphatic rings. The third-order valence-electron chi connectivity index (χ3n) is 2.21. The predicted octanol–water partition coefficient (Wildman–Crippen LogP) is -4.73. The summed E-state index contributed by atoms with van der Waals surface area (Å²) in [7, 11) is 0. The van der Waals surface area contributed by atoms with E-state index in [9.17, 15) is 29.7 Å². The smallest absolute Gasteiger partial charge is 0.100 e. The highest BCUT2D eigenvalue weighted by Crippen LogP contribution is 1.80. The number of carbonyl (C=O) groups is 3. The molecule has 12 nitrogen and oxygen atoms in total. The van der Waals surface area contributed by atoms with Gasteiger partial charge in [0.1, 0.15) is 12.2 Å². The van der Waals surface area contributed by atoms with Gasteiger partial charge in [-0.3, -0.25) is 0 Å². The second-order valence-electron chi connectivity index (χ2n) is 5.40. The van der Waals surface area contributed by atoms with Crippen molar-refractivity contribution in [2.45, 2.75) is 71.5 Å². The summed E-state index contributed by atoms with van der Waals surface area (Å²) in [5.74, 6) is -2.88. The molecule has 30 heavy (non-hydrogen) atoms. The first-order valence-corrected chi connectivity index (χ1v) is 9.32. The van der Waals surface area contributed by atoms with Crippen molar-refractivity contribution in [1.82, 2.24) is 0 Å². The van der Waals surface area contributed by atoms with Crippen LogP contribution in [0.25, 0.3) is 0 Å². The molecule has 0 bridgehead atoms. The van der Waals surface area contributed by atoms with Crippen LogP contribution in [0.2, 0.25) is 0 Å². The fraction of sp³-hybridized carbons (Fsp3) is 0.833. The lowest BCUT2D eigenvalue weighted by molar-refractivity contribution is -0.307. The van der Waals surface area contributed by atoms with Gasteiger partial charge in [0.05, 0.1) is 26.4 Å². The third kappa shape index (κ3) is 72.0. The molecule has 12 heteroatoms. The highest BCUT2D eigenvalue weighted by atomic mass is 16.4. The maximum Gasteiger partial charge on any atom is 0.100 e. The highest BCUT2D eigenvalue weighted by molar-refractivity contribution is 5.64. The molecule has 0 aromatic rings. The summed E-state index contributed by atoms with van der Waals surface area (Å²) in [4.78, 5) is 28.5. The summed E-state index contributed by atoms with van der Waals surface area (Å²) in [5, 5.41) is 76.5. The van der Waals surface area contributed by atoms with Crippen molar-refractivity contribution in [2.75, 3.05) is 26.4 Å². The van der Waals surface area contributed by atoms with Crippen LogP contribution in [0, 0.1) is 0 Å². The first kappa shape index (κ1) is 38.7. The first-order chi connectivity index (χ1) is 13.9. The Kier molecular flexibility index (Phi) is 44.8. The van der Waals surface area contributed by atoms with E-state index in [-0.39, 0.29) is 45.7 Å². The summed E-state index contributed by atoms with van der Waals surface area (Å²) in [6.07, 6.45) is 0.641. The summed E-state index contributed by atoms with van der Waals surface area (Å²) < 4.78 is 0. The molecule has 0 aliphatic carbocycles. The zero-order valence-corrected chi connectivity index (χ0v) is 17.9. The van der Waals surface area contributed by atoms with Gasteiger partial charge in [-0.15, -0.1) is 0 Å². The molecule has 0 fully saturated rings. The summed E-state index contributed by atoms with van der Waals surface area (Å²) in [5.41, 5.74) is 0. The van der Waals surface area contributed by atoms with Crippen molar-refractivity contribution in [3.8, 4) is 0 Å². The third-order valence-corrected chi connectivity index (χ3v) is 2.21. The van der Waals surface area contributed by atoms with Crippen LogP contribution in [-0.4, -0.2) is 87.2 Å². The molecule has 6 N–H and O–H groups in total. The van der Waals surface area contributed by atoms with Crippen LogP contribution in [-0.2, 0) is 14.4 Å². The van der Waals surface area contributed by atoms with E-state index in [1.165, 1.54) is 0 Å². The van der Waals surface area contributed by atoms with Crippen LogP contribution in [0.4, 0.5) is 0 Å². The molecular formula is C18H37O12-3. The number of hydrogen-bond donors (Lipinski definition) is 6. The normalized spacial score (nSPS) is 8.90. The van der Waals surface area contributed by atoms with E-state index in [0.29, 0.717) is 19.3 Å². The molecule has 0 saturated heterocycles. The average Bonchev–Trinajstić information content (AvgIpc) is 2.68. The quantitative estimate of drug-likeness (QED) is 0.186. The Morgan fingerprint density at radius 3 is 0.733 bits per heavy atom. The Hall–Kier alpha value is -1.83. The Labute approximate surface area is 177 Å². The Morgan fingerprint density at radius 1 is 0.567 bits per heavy atom. The fourth-order valence-corrected chi connectivity index (χ4v) is 0.728. The minimum Gasteiger partial charge on any atom is -0.550 e. The van der Waals surface area contributed by atoms with Gasteiger partial charge in [0.15, 0.2) is 0 Å². The largest absolute Gasteiger partial charge is 0.550 e. The van der Waals surface area contributed by atoms with Crippen molar-refractivity contribution >= 4 is 17.9 Å². The molecule has 0 spiro atoms. The molecule has 0 aliphatic heterocycles. The summed E-state index contributed by atoms with van der Waals surface area (Å²) in [6, 6.07) is 0. The van der Waals surface area contributed by atoms with Gasteiger partial charge in [0.2, 0.25) is 0 Å². The maximum atomic E-state index is 9.49. The van der Waals surface area contributed by atoms with Gasteiger partial charge in [-0.2, -0.15) is 0 Å². The van der Waals surface area contributed by atoms with Crippen molar-refractivity contribution in [3.63, 3.8) is 0 Å². The fourth-order valence-electron chi connectivity index (χ4n) is 0.728. The minimum absolute atomic E-state index is 0.181.